The van der Waals surface area contributed by atoms with Crippen LogP contribution in [0.25, 0.3) is 0 Å². The SMILES string of the molecule is CC(=O)Oc1c(I)cc(I)cc1C(=O)OC(C(F)(F)F)C(F)(F)S(=O)(=O)[O-]. The number of ether oxygens (including phenoxy) is 2. The van der Waals surface area contributed by atoms with Gasteiger partial charge in [-0.1, -0.05) is 0 Å². The van der Waals surface area contributed by atoms with Crippen LogP contribution in [0.2, 0.25) is 0 Å². The van der Waals surface area contributed by atoms with Gasteiger partial charge in [0.05, 0.1) is 3.57 Å². The summed E-state index contributed by atoms with van der Waals surface area (Å²) >= 11 is 3.18. The minimum absolute atomic E-state index is 0.0495. The maximum atomic E-state index is 13.5. The first kappa shape index (κ1) is 24.2. The van der Waals surface area contributed by atoms with Gasteiger partial charge in [0.2, 0.25) is 0 Å². The van der Waals surface area contributed by atoms with Crippen molar-refractivity contribution < 1.29 is 54.0 Å². The van der Waals surface area contributed by atoms with Crippen LogP contribution in [0.4, 0.5) is 22.0 Å². The summed E-state index contributed by atoms with van der Waals surface area (Å²) in [5.41, 5.74) is -0.852. The Morgan fingerprint density at radius 3 is 2.07 bits per heavy atom. The first-order valence-electron chi connectivity index (χ1n) is 6.27. The van der Waals surface area contributed by atoms with E-state index in [1.54, 1.807) is 45.2 Å². The first-order valence-corrected chi connectivity index (χ1v) is 9.83. The molecule has 0 N–H and O–H groups in total. The van der Waals surface area contributed by atoms with Crippen LogP contribution in [0.1, 0.15) is 17.3 Å². The Bertz CT molecular complexity index is 870. The van der Waals surface area contributed by atoms with E-state index in [1.165, 1.54) is 6.07 Å². The van der Waals surface area contributed by atoms with E-state index in [1.807, 2.05) is 0 Å². The van der Waals surface area contributed by atoms with E-state index < -0.39 is 50.9 Å². The third-order valence-corrected chi connectivity index (χ3v) is 4.94. The second kappa shape index (κ2) is 8.27. The molecule has 7 nitrogen and oxygen atoms in total. The van der Waals surface area contributed by atoms with Gasteiger partial charge in [-0.15, -0.1) is 0 Å². The van der Waals surface area contributed by atoms with Crippen molar-refractivity contribution in [2.24, 2.45) is 0 Å². The number of carbonyl (C=O) groups excluding carboxylic acids is 2. The van der Waals surface area contributed by atoms with Gasteiger partial charge in [0, 0.05) is 10.5 Å². The van der Waals surface area contributed by atoms with Crippen molar-refractivity contribution in [2.75, 3.05) is 0 Å². The van der Waals surface area contributed by atoms with Crippen molar-refractivity contribution in [3.63, 3.8) is 0 Å². The first-order chi connectivity index (χ1) is 12.0. The molecule has 0 saturated heterocycles. The molecule has 27 heavy (non-hydrogen) atoms. The highest BCUT2D eigenvalue weighted by Crippen LogP contribution is 2.39. The molecule has 1 aromatic carbocycles. The van der Waals surface area contributed by atoms with Crippen LogP contribution >= 0.6 is 45.2 Å². The number of carbonyl (C=O) groups is 2. The normalized spacial score (nSPS) is 13.8. The van der Waals surface area contributed by atoms with Crippen LogP contribution in [0, 0.1) is 7.14 Å². The molecule has 0 amide bonds. The molecule has 0 saturated carbocycles. The number of hydrogen-bond donors (Lipinski definition) is 0. The Kier molecular flexibility index (Phi) is 7.42. The molecule has 152 valence electrons. The molecule has 1 atom stereocenters. The maximum Gasteiger partial charge on any atom is 0.432 e. The average Bonchev–Trinajstić information content (AvgIpc) is 2.44. The minimum Gasteiger partial charge on any atom is -0.743 e. The van der Waals surface area contributed by atoms with Gasteiger partial charge in [-0.05, 0) is 57.3 Å². The van der Waals surface area contributed by atoms with Gasteiger partial charge in [-0.2, -0.15) is 22.0 Å². The molecule has 1 rings (SSSR count). The quantitative estimate of drug-likeness (QED) is 0.160. The average molecular weight is 643 g/mol. The van der Waals surface area contributed by atoms with Crippen molar-refractivity contribution in [1.29, 1.82) is 0 Å². The highest BCUT2D eigenvalue weighted by molar-refractivity contribution is 14.1. The summed E-state index contributed by atoms with van der Waals surface area (Å²) in [6, 6.07) is 2.20. The van der Waals surface area contributed by atoms with E-state index >= 15 is 0 Å². The molecule has 0 bridgehead atoms. The Morgan fingerprint density at radius 2 is 1.67 bits per heavy atom. The fourth-order valence-corrected chi connectivity index (χ4v) is 3.99. The van der Waals surface area contributed by atoms with Gasteiger partial charge < -0.3 is 14.0 Å². The standard InChI is InChI=1S/C12H7F5I2O7S/c1-4(20)25-8-6(2-5(18)3-7(8)19)9(21)26-10(11(13,14)15)12(16,17)27(22,23)24/h2-3,10H,1H3,(H,22,23,24)/p-1. The molecule has 0 spiro atoms. The monoisotopic (exact) mass is 643 g/mol. The summed E-state index contributed by atoms with van der Waals surface area (Å²) in [5.74, 6) is -3.64. The summed E-state index contributed by atoms with van der Waals surface area (Å²) in [5, 5.41) is -5.99. The van der Waals surface area contributed by atoms with Crippen molar-refractivity contribution in [3.8, 4) is 5.75 Å². The topological polar surface area (TPSA) is 110 Å². The van der Waals surface area contributed by atoms with Crippen LogP contribution in [-0.2, 0) is 19.6 Å². The molecule has 0 heterocycles. The number of halogens is 7. The number of alkyl halides is 5. The third-order valence-electron chi connectivity index (χ3n) is 2.63. The second-order valence-electron chi connectivity index (χ2n) is 4.70. The highest BCUT2D eigenvalue weighted by atomic mass is 127. The van der Waals surface area contributed by atoms with Crippen molar-refractivity contribution in [1.82, 2.24) is 0 Å². The van der Waals surface area contributed by atoms with Gasteiger partial charge in [-0.3, -0.25) is 4.79 Å². The second-order valence-corrected chi connectivity index (χ2v) is 8.56. The van der Waals surface area contributed by atoms with Crippen LogP contribution in [0.15, 0.2) is 12.1 Å². The molecule has 0 fully saturated rings. The Labute approximate surface area is 175 Å². The zero-order valence-corrected chi connectivity index (χ0v) is 17.8. The molecular formula is C12H6F5I2O7S-. The Balaban J connectivity index is 3.46. The molecule has 0 aromatic heterocycles. The molecule has 0 aliphatic carbocycles. The Hall–Kier alpha value is -0.820. The van der Waals surface area contributed by atoms with Crippen molar-refractivity contribution in [2.45, 2.75) is 24.5 Å². The van der Waals surface area contributed by atoms with Gasteiger partial charge >= 0.3 is 23.4 Å². The van der Waals surface area contributed by atoms with Crippen LogP contribution < -0.4 is 4.74 Å². The summed E-state index contributed by atoms with van der Waals surface area (Å²) in [4.78, 5) is 23.1. The van der Waals surface area contributed by atoms with Crippen molar-refractivity contribution in [3.05, 3.63) is 24.8 Å². The lowest BCUT2D eigenvalue weighted by molar-refractivity contribution is -0.248. The van der Waals surface area contributed by atoms with Gasteiger partial charge in [-0.25, -0.2) is 13.2 Å². The summed E-state index contributed by atoms with van der Waals surface area (Å²) < 4.78 is 106. The van der Waals surface area contributed by atoms with E-state index in [4.69, 9.17) is 0 Å². The lowest BCUT2D eigenvalue weighted by Crippen LogP contribution is -2.52. The molecule has 0 aliphatic heterocycles. The molecule has 1 unspecified atom stereocenters. The predicted molar refractivity (Wildman–Crippen MR) is 93.1 cm³/mol. The van der Waals surface area contributed by atoms with Gasteiger partial charge in [0.1, 0.15) is 5.56 Å². The van der Waals surface area contributed by atoms with Crippen LogP contribution in [0.5, 0.6) is 5.75 Å². The van der Waals surface area contributed by atoms with E-state index in [0.29, 0.717) is 0 Å². The number of benzene rings is 1. The number of rotatable bonds is 5. The number of esters is 2. The Morgan fingerprint density at radius 1 is 1.15 bits per heavy atom. The predicted octanol–water partition coefficient (Wildman–Crippen LogP) is 3.05. The van der Waals surface area contributed by atoms with E-state index in [2.05, 4.69) is 9.47 Å². The lowest BCUT2D eigenvalue weighted by Gasteiger charge is -2.29. The summed E-state index contributed by atoms with van der Waals surface area (Å²) in [6.45, 7) is 0.903. The summed E-state index contributed by atoms with van der Waals surface area (Å²) in [7, 11) is -6.83. The van der Waals surface area contributed by atoms with Gasteiger partial charge in [0.25, 0.3) is 6.10 Å². The molecule has 0 aliphatic rings. The van der Waals surface area contributed by atoms with Crippen molar-refractivity contribution >= 4 is 67.2 Å². The van der Waals surface area contributed by atoms with E-state index in [-0.39, 0.29) is 7.14 Å². The van der Waals surface area contributed by atoms with E-state index in [9.17, 15) is 44.5 Å². The van der Waals surface area contributed by atoms with Crippen LogP contribution in [0.3, 0.4) is 0 Å². The zero-order chi connectivity index (χ0) is 21.4. The lowest BCUT2D eigenvalue weighted by atomic mass is 10.2. The fourth-order valence-electron chi connectivity index (χ4n) is 1.59. The summed E-state index contributed by atoms with van der Waals surface area (Å²) in [6.07, 6.45) is -10.7. The molecule has 1 aromatic rings. The number of hydrogen-bond acceptors (Lipinski definition) is 7. The fraction of sp³-hybridized carbons (Fsp3) is 0.333. The minimum atomic E-state index is -6.83. The van der Waals surface area contributed by atoms with Gasteiger partial charge in [0.15, 0.2) is 15.9 Å². The smallest absolute Gasteiger partial charge is 0.432 e. The molecule has 15 heteroatoms. The zero-order valence-electron chi connectivity index (χ0n) is 12.6. The largest absolute Gasteiger partial charge is 0.743 e. The molecular weight excluding hydrogens is 637 g/mol. The van der Waals surface area contributed by atoms with E-state index in [0.717, 1.165) is 13.0 Å². The van der Waals surface area contributed by atoms with Crippen LogP contribution in [-0.4, -0.2) is 42.4 Å². The molecule has 0 radical (unpaired) electrons. The highest BCUT2D eigenvalue weighted by Gasteiger charge is 2.63. The third kappa shape index (κ3) is 5.83. The maximum absolute atomic E-state index is 13.5.